The second-order valence-electron chi connectivity index (χ2n) is 4.23. The van der Waals surface area contributed by atoms with Gasteiger partial charge in [-0.1, -0.05) is 13.3 Å². The molecular weight excluding hydrogens is 250 g/mol. The van der Waals surface area contributed by atoms with Gasteiger partial charge in [-0.2, -0.15) is 0 Å². The minimum absolute atomic E-state index is 0.443. The van der Waals surface area contributed by atoms with Gasteiger partial charge in [0.05, 0.1) is 0 Å². The smallest absolute Gasteiger partial charge is 0.0223 e. The van der Waals surface area contributed by atoms with Crippen LogP contribution in [-0.2, 0) is 0 Å². The van der Waals surface area contributed by atoms with Crippen LogP contribution in [0.2, 0.25) is 0 Å². The van der Waals surface area contributed by atoms with Gasteiger partial charge in [0.25, 0.3) is 0 Å². The zero-order chi connectivity index (χ0) is 11.6. The van der Waals surface area contributed by atoms with E-state index in [9.17, 15) is 0 Å². The van der Waals surface area contributed by atoms with E-state index in [1.807, 2.05) is 0 Å². The molecule has 0 rings (SSSR count). The second-order valence-corrected chi connectivity index (χ2v) is 5.37. The maximum absolute atomic E-state index is 5.78. The summed E-state index contributed by atoms with van der Waals surface area (Å²) in [6.07, 6.45) is 8.22. The first-order valence-corrected chi connectivity index (χ1v) is 7.53. The molecule has 0 aromatic carbocycles. The van der Waals surface area contributed by atoms with Crippen LogP contribution >= 0.6 is 34.8 Å². The Kier molecular flexibility index (Phi) is 10.6. The molecule has 0 amide bonds. The molecule has 0 aliphatic heterocycles. The van der Waals surface area contributed by atoms with Gasteiger partial charge in [-0.25, -0.2) is 0 Å². The molecule has 0 fully saturated rings. The lowest BCUT2D eigenvalue weighted by Gasteiger charge is -2.33. The highest BCUT2D eigenvalue weighted by Gasteiger charge is 2.26. The van der Waals surface area contributed by atoms with Gasteiger partial charge in [0.1, 0.15) is 0 Å². The number of hydrogen-bond acceptors (Lipinski definition) is 0. The zero-order valence-corrected chi connectivity index (χ0v) is 12.0. The molecule has 3 heteroatoms. The number of hydrogen-bond donors (Lipinski definition) is 0. The van der Waals surface area contributed by atoms with E-state index in [1.165, 1.54) is 25.7 Å². The predicted octanol–water partition coefficient (Wildman–Crippen LogP) is 5.44. The van der Waals surface area contributed by atoms with Gasteiger partial charge in [-0.15, -0.1) is 34.8 Å². The summed E-state index contributed by atoms with van der Waals surface area (Å²) in [4.78, 5) is 0. The average Bonchev–Trinajstić information content (AvgIpc) is 2.29. The van der Waals surface area contributed by atoms with E-state index in [-0.39, 0.29) is 0 Å². The third-order valence-corrected chi connectivity index (χ3v) is 4.07. The largest absolute Gasteiger partial charge is 0.127 e. The van der Waals surface area contributed by atoms with Gasteiger partial charge in [0.15, 0.2) is 0 Å². The van der Waals surface area contributed by atoms with Gasteiger partial charge in [-0.3, -0.25) is 0 Å². The van der Waals surface area contributed by atoms with E-state index in [1.54, 1.807) is 0 Å². The van der Waals surface area contributed by atoms with E-state index >= 15 is 0 Å². The molecule has 0 N–H and O–H groups in total. The first-order chi connectivity index (χ1) is 7.24. The third-order valence-electron chi connectivity index (χ3n) is 3.27. The Morgan fingerprint density at radius 2 is 1.07 bits per heavy atom. The highest BCUT2D eigenvalue weighted by Crippen LogP contribution is 2.38. The van der Waals surface area contributed by atoms with Crippen molar-refractivity contribution in [3.63, 3.8) is 0 Å². The molecule has 0 radical (unpaired) electrons. The van der Waals surface area contributed by atoms with Crippen molar-refractivity contribution in [2.75, 3.05) is 17.6 Å². The normalized spacial score (nSPS) is 12.0. The molecule has 0 unspecified atom stereocenters. The fourth-order valence-corrected chi connectivity index (χ4v) is 2.63. The molecule has 0 saturated heterocycles. The SMILES string of the molecule is CCC(CCCCl)(CCCCl)CCCCl. The van der Waals surface area contributed by atoms with Gasteiger partial charge in [0, 0.05) is 17.6 Å². The lowest BCUT2D eigenvalue weighted by atomic mass is 9.74. The first kappa shape index (κ1) is 15.9. The summed E-state index contributed by atoms with van der Waals surface area (Å²) in [5.74, 6) is 2.30. The summed E-state index contributed by atoms with van der Waals surface area (Å²) in [6.45, 7) is 2.27. The van der Waals surface area contributed by atoms with Crippen molar-refractivity contribution >= 4 is 34.8 Å². The van der Waals surface area contributed by atoms with Crippen LogP contribution in [0.25, 0.3) is 0 Å². The van der Waals surface area contributed by atoms with Crippen molar-refractivity contribution in [1.29, 1.82) is 0 Å². The van der Waals surface area contributed by atoms with E-state index in [0.717, 1.165) is 36.9 Å². The van der Waals surface area contributed by atoms with Crippen LogP contribution in [0.1, 0.15) is 51.9 Å². The highest BCUT2D eigenvalue weighted by atomic mass is 35.5. The Bertz CT molecular complexity index is 115. The Labute approximate surface area is 110 Å². The minimum Gasteiger partial charge on any atom is -0.127 e. The minimum atomic E-state index is 0.443. The van der Waals surface area contributed by atoms with Crippen LogP contribution in [0.15, 0.2) is 0 Å². The average molecular weight is 274 g/mol. The van der Waals surface area contributed by atoms with Crippen molar-refractivity contribution in [2.24, 2.45) is 5.41 Å². The fraction of sp³-hybridized carbons (Fsp3) is 1.00. The maximum Gasteiger partial charge on any atom is 0.0223 e. The number of rotatable bonds is 10. The monoisotopic (exact) mass is 272 g/mol. The van der Waals surface area contributed by atoms with Crippen molar-refractivity contribution in [1.82, 2.24) is 0 Å². The number of halogens is 3. The summed E-state index contributed by atoms with van der Waals surface area (Å²) in [5, 5.41) is 0. The van der Waals surface area contributed by atoms with Crippen LogP contribution < -0.4 is 0 Å². The standard InChI is InChI=1S/C12H23Cl3/c1-2-12(6-3-9-13,7-4-10-14)8-5-11-15/h2-11H2,1H3. The molecule has 0 atom stereocenters. The maximum atomic E-state index is 5.78. The van der Waals surface area contributed by atoms with Crippen molar-refractivity contribution in [3.05, 3.63) is 0 Å². The van der Waals surface area contributed by atoms with Crippen molar-refractivity contribution in [2.45, 2.75) is 51.9 Å². The summed E-state index contributed by atoms with van der Waals surface area (Å²) >= 11 is 17.3. The quantitative estimate of drug-likeness (QED) is 0.465. The molecule has 0 nitrogen and oxygen atoms in total. The van der Waals surface area contributed by atoms with E-state index in [0.29, 0.717) is 5.41 Å². The molecule has 0 aliphatic rings. The molecule has 0 saturated carbocycles. The van der Waals surface area contributed by atoms with Gasteiger partial charge >= 0.3 is 0 Å². The zero-order valence-electron chi connectivity index (χ0n) is 9.70. The van der Waals surface area contributed by atoms with Crippen LogP contribution in [0.3, 0.4) is 0 Å². The van der Waals surface area contributed by atoms with E-state index in [4.69, 9.17) is 34.8 Å². The van der Waals surface area contributed by atoms with Crippen LogP contribution in [0.4, 0.5) is 0 Å². The van der Waals surface area contributed by atoms with Crippen molar-refractivity contribution < 1.29 is 0 Å². The molecule has 0 aliphatic carbocycles. The van der Waals surface area contributed by atoms with Gasteiger partial charge in [-0.05, 0) is 43.9 Å². The van der Waals surface area contributed by atoms with E-state index < -0.39 is 0 Å². The molecule has 0 heterocycles. The molecular formula is C12H23Cl3. The van der Waals surface area contributed by atoms with Crippen molar-refractivity contribution in [3.8, 4) is 0 Å². The Hall–Kier alpha value is 0.870. The summed E-state index contributed by atoms with van der Waals surface area (Å²) < 4.78 is 0. The van der Waals surface area contributed by atoms with Crippen LogP contribution in [0, 0.1) is 5.41 Å². The molecule has 0 spiro atoms. The first-order valence-electron chi connectivity index (χ1n) is 5.92. The summed E-state index contributed by atoms with van der Waals surface area (Å²) in [5.41, 5.74) is 0.443. The molecule has 0 aromatic heterocycles. The van der Waals surface area contributed by atoms with Crippen LogP contribution in [-0.4, -0.2) is 17.6 Å². The summed E-state index contributed by atoms with van der Waals surface area (Å²) in [7, 11) is 0. The highest BCUT2D eigenvalue weighted by molar-refractivity contribution is 6.18. The summed E-state index contributed by atoms with van der Waals surface area (Å²) in [6, 6.07) is 0. The lowest BCUT2D eigenvalue weighted by molar-refractivity contribution is 0.203. The predicted molar refractivity (Wildman–Crippen MR) is 72.6 cm³/mol. The van der Waals surface area contributed by atoms with Gasteiger partial charge in [0.2, 0.25) is 0 Å². The van der Waals surface area contributed by atoms with Gasteiger partial charge < -0.3 is 0 Å². The Morgan fingerprint density at radius 3 is 1.27 bits per heavy atom. The molecule has 15 heavy (non-hydrogen) atoms. The number of alkyl halides is 3. The lowest BCUT2D eigenvalue weighted by Crippen LogP contribution is -2.21. The second kappa shape index (κ2) is 10.1. The molecule has 0 aromatic rings. The fourth-order valence-electron chi connectivity index (χ4n) is 2.23. The van der Waals surface area contributed by atoms with Crippen LogP contribution in [0.5, 0.6) is 0 Å². The third kappa shape index (κ3) is 6.92. The van der Waals surface area contributed by atoms with E-state index in [2.05, 4.69) is 6.92 Å². The Morgan fingerprint density at radius 1 is 0.733 bits per heavy atom. The molecule has 0 bridgehead atoms. The molecule has 92 valence electrons. The Balaban J connectivity index is 4.16. The topological polar surface area (TPSA) is 0 Å².